The molecule has 0 radical (unpaired) electrons. The van der Waals surface area contributed by atoms with Crippen LogP contribution in [0.2, 0.25) is 0 Å². The quantitative estimate of drug-likeness (QED) is 0.836. The first-order chi connectivity index (χ1) is 8.42. The van der Waals surface area contributed by atoms with Gasteiger partial charge in [0.15, 0.2) is 5.82 Å². The molecule has 1 aromatic rings. The lowest BCUT2D eigenvalue weighted by atomic mass is 10.4. The van der Waals surface area contributed by atoms with Crippen LogP contribution < -0.4 is 0 Å². The van der Waals surface area contributed by atoms with Crippen LogP contribution >= 0.6 is 23.5 Å². The molecule has 0 amide bonds. The van der Waals surface area contributed by atoms with Gasteiger partial charge in [0.2, 0.25) is 5.89 Å². The summed E-state index contributed by atoms with van der Waals surface area (Å²) < 4.78 is 5.29. The molecule has 94 valence electrons. The molecule has 0 N–H and O–H groups in total. The zero-order valence-electron chi connectivity index (χ0n) is 9.80. The van der Waals surface area contributed by atoms with Crippen LogP contribution in [0, 0.1) is 0 Å². The van der Waals surface area contributed by atoms with Crippen molar-refractivity contribution in [3.63, 3.8) is 0 Å². The topological polar surface area (TPSA) is 42.2 Å². The molecular formula is C11H17N3OS2. The Balaban J connectivity index is 1.48. The van der Waals surface area contributed by atoms with E-state index >= 15 is 0 Å². The Bertz CT molecular complexity index is 359. The highest BCUT2D eigenvalue weighted by Crippen LogP contribution is 2.38. The first-order valence-electron chi connectivity index (χ1n) is 6.12. The monoisotopic (exact) mass is 271 g/mol. The zero-order chi connectivity index (χ0) is 11.5. The summed E-state index contributed by atoms with van der Waals surface area (Å²) in [6, 6.07) is 0. The standard InChI is InChI=1S/C11H17N3OS2/c1-2-9(1)11-12-10(15-13-11)3-4-14-7-16-5-6-17-8-14/h9H,1-8H2. The molecule has 1 aliphatic carbocycles. The van der Waals surface area contributed by atoms with E-state index in [1.54, 1.807) is 0 Å². The Morgan fingerprint density at radius 1 is 1.24 bits per heavy atom. The van der Waals surface area contributed by atoms with Crippen molar-refractivity contribution in [1.82, 2.24) is 15.0 Å². The highest BCUT2D eigenvalue weighted by Gasteiger charge is 2.28. The van der Waals surface area contributed by atoms with Crippen LogP contribution in [-0.4, -0.2) is 44.8 Å². The van der Waals surface area contributed by atoms with Gasteiger partial charge in [0.1, 0.15) is 0 Å². The summed E-state index contributed by atoms with van der Waals surface area (Å²) in [4.78, 5) is 6.92. The molecule has 1 saturated heterocycles. The molecule has 2 aliphatic rings. The van der Waals surface area contributed by atoms with Crippen LogP contribution in [0.5, 0.6) is 0 Å². The van der Waals surface area contributed by atoms with Crippen molar-refractivity contribution >= 4 is 23.5 Å². The van der Waals surface area contributed by atoms with Gasteiger partial charge in [-0.1, -0.05) is 5.16 Å². The second kappa shape index (κ2) is 5.63. The average Bonchev–Trinajstić information content (AvgIpc) is 3.13. The van der Waals surface area contributed by atoms with E-state index in [2.05, 4.69) is 15.0 Å². The number of hydrogen-bond acceptors (Lipinski definition) is 6. The first-order valence-corrected chi connectivity index (χ1v) is 8.43. The van der Waals surface area contributed by atoms with Crippen molar-refractivity contribution in [3.8, 4) is 0 Å². The zero-order valence-corrected chi connectivity index (χ0v) is 11.4. The number of thioether (sulfide) groups is 2. The van der Waals surface area contributed by atoms with Gasteiger partial charge in [0, 0.05) is 42.1 Å². The summed E-state index contributed by atoms with van der Waals surface area (Å²) in [5, 5.41) is 4.05. The Hall–Kier alpha value is -0.200. The van der Waals surface area contributed by atoms with Crippen molar-refractivity contribution in [1.29, 1.82) is 0 Å². The molecule has 2 fully saturated rings. The maximum absolute atomic E-state index is 5.29. The highest BCUT2D eigenvalue weighted by atomic mass is 32.2. The summed E-state index contributed by atoms with van der Waals surface area (Å²) in [7, 11) is 0. The molecule has 1 saturated carbocycles. The van der Waals surface area contributed by atoms with Crippen LogP contribution in [-0.2, 0) is 6.42 Å². The van der Waals surface area contributed by atoms with Crippen LogP contribution in [0.1, 0.15) is 30.5 Å². The minimum atomic E-state index is 0.594. The molecule has 0 aromatic carbocycles. The van der Waals surface area contributed by atoms with Crippen molar-refractivity contribution in [3.05, 3.63) is 11.7 Å². The normalized spacial score (nSPS) is 22.6. The molecule has 0 spiro atoms. The predicted molar refractivity (Wildman–Crippen MR) is 71.3 cm³/mol. The minimum absolute atomic E-state index is 0.594. The molecule has 1 aliphatic heterocycles. The molecule has 6 heteroatoms. The van der Waals surface area contributed by atoms with Crippen LogP contribution in [0.4, 0.5) is 0 Å². The van der Waals surface area contributed by atoms with Gasteiger partial charge in [-0.2, -0.15) is 4.98 Å². The van der Waals surface area contributed by atoms with Gasteiger partial charge in [0.25, 0.3) is 0 Å². The molecule has 0 bridgehead atoms. The Morgan fingerprint density at radius 2 is 2.00 bits per heavy atom. The second-order valence-corrected chi connectivity index (χ2v) is 6.69. The lowest BCUT2D eigenvalue weighted by molar-refractivity contribution is 0.331. The van der Waals surface area contributed by atoms with Gasteiger partial charge < -0.3 is 4.52 Å². The van der Waals surface area contributed by atoms with E-state index in [0.717, 1.165) is 36.4 Å². The molecular weight excluding hydrogens is 254 g/mol. The van der Waals surface area contributed by atoms with Gasteiger partial charge in [-0.25, -0.2) is 0 Å². The van der Waals surface area contributed by atoms with Crippen LogP contribution in [0.15, 0.2) is 4.52 Å². The van der Waals surface area contributed by atoms with Crippen molar-refractivity contribution in [2.24, 2.45) is 0 Å². The van der Waals surface area contributed by atoms with Crippen molar-refractivity contribution in [2.75, 3.05) is 29.8 Å². The Labute approximate surface area is 110 Å². The van der Waals surface area contributed by atoms with E-state index in [4.69, 9.17) is 4.52 Å². The smallest absolute Gasteiger partial charge is 0.227 e. The molecule has 4 nitrogen and oxygen atoms in total. The van der Waals surface area contributed by atoms with E-state index in [1.807, 2.05) is 23.5 Å². The van der Waals surface area contributed by atoms with Crippen molar-refractivity contribution < 1.29 is 4.52 Å². The van der Waals surface area contributed by atoms with Crippen LogP contribution in [0.3, 0.4) is 0 Å². The van der Waals surface area contributed by atoms with Gasteiger partial charge >= 0.3 is 0 Å². The van der Waals surface area contributed by atoms with E-state index in [9.17, 15) is 0 Å². The highest BCUT2D eigenvalue weighted by molar-refractivity contribution is 8.03. The fraction of sp³-hybridized carbons (Fsp3) is 0.818. The molecule has 3 rings (SSSR count). The van der Waals surface area contributed by atoms with E-state index in [1.165, 1.54) is 24.3 Å². The largest absolute Gasteiger partial charge is 0.339 e. The number of hydrogen-bond donors (Lipinski definition) is 0. The van der Waals surface area contributed by atoms with E-state index < -0.39 is 0 Å². The first kappa shape index (κ1) is 11.9. The minimum Gasteiger partial charge on any atom is -0.339 e. The van der Waals surface area contributed by atoms with Gasteiger partial charge in [-0.3, -0.25) is 4.90 Å². The lowest BCUT2D eigenvalue weighted by Crippen LogP contribution is -2.24. The summed E-state index contributed by atoms with van der Waals surface area (Å²) in [5.74, 6) is 7.15. The Morgan fingerprint density at radius 3 is 2.71 bits per heavy atom. The van der Waals surface area contributed by atoms with E-state index in [-0.39, 0.29) is 0 Å². The average molecular weight is 271 g/mol. The third kappa shape index (κ3) is 3.39. The third-order valence-electron chi connectivity index (χ3n) is 2.99. The van der Waals surface area contributed by atoms with E-state index in [0.29, 0.717) is 5.92 Å². The SMILES string of the molecule is C1CSCN(CCc2nc(C3CC3)no2)CS1. The second-order valence-electron chi connectivity index (χ2n) is 4.54. The summed E-state index contributed by atoms with van der Waals surface area (Å²) in [5.41, 5.74) is 0. The molecule has 17 heavy (non-hydrogen) atoms. The fourth-order valence-corrected chi connectivity index (χ4v) is 4.08. The molecule has 2 heterocycles. The van der Waals surface area contributed by atoms with Gasteiger partial charge in [-0.15, -0.1) is 23.5 Å². The summed E-state index contributed by atoms with van der Waals surface area (Å²) in [6.07, 6.45) is 3.36. The number of aromatic nitrogens is 2. The third-order valence-corrected chi connectivity index (χ3v) is 5.33. The Kier molecular flexibility index (Phi) is 3.93. The lowest BCUT2D eigenvalue weighted by Gasteiger charge is -2.16. The predicted octanol–water partition coefficient (Wildman–Crippen LogP) is 2.19. The maximum atomic E-state index is 5.29. The fourth-order valence-electron chi connectivity index (χ4n) is 1.80. The number of rotatable bonds is 4. The summed E-state index contributed by atoms with van der Waals surface area (Å²) in [6.45, 7) is 1.03. The van der Waals surface area contributed by atoms with Crippen molar-refractivity contribution in [2.45, 2.75) is 25.2 Å². The number of nitrogens with zero attached hydrogens (tertiary/aromatic N) is 3. The van der Waals surface area contributed by atoms with Gasteiger partial charge in [0.05, 0.1) is 0 Å². The molecule has 0 atom stereocenters. The maximum Gasteiger partial charge on any atom is 0.227 e. The summed E-state index contributed by atoms with van der Waals surface area (Å²) >= 11 is 4.04. The van der Waals surface area contributed by atoms with Gasteiger partial charge in [-0.05, 0) is 12.8 Å². The molecule has 0 unspecified atom stereocenters. The van der Waals surface area contributed by atoms with Crippen LogP contribution in [0.25, 0.3) is 0 Å². The molecule has 1 aromatic heterocycles.